The average molecular weight is 379 g/mol. The van der Waals surface area contributed by atoms with E-state index in [0.717, 1.165) is 30.9 Å². The van der Waals surface area contributed by atoms with Crippen LogP contribution >= 0.6 is 0 Å². The van der Waals surface area contributed by atoms with E-state index in [-0.39, 0.29) is 5.91 Å². The molecule has 150 valence electrons. The van der Waals surface area contributed by atoms with Gasteiger partial charge in [-0.25, -0.2) is 0 Å². The van der Waals surface area contributed by atoms with E-state index in [2.05, 4.69) is 61.3 Å². The summed E-state index contributed by atoms with van der Waals surface area (Å²) in [6.45, 7) is 10.6. The highest BCUT2D eigenvalue weighted by Crippen LogP contribution is 2.18. The maximum atomic E-state index is 12.6. The van der Waals surface area contributed by atoms with Crippen molar-refractivity contribution in [1.29, 1.82) is 0 Å². The molecule has 1 amide bonds. The number of rotatable bonds is 7. The minimum absolute atomic E-state index is 0.00194. The van der Waals surface area contributed by atoms with Gasteiger partial charge in [-0.2, -0.15) is 0 Å². The van der Waals surface area contributed by atoms with Crippen LogP contribution in [0.15, 0.2) is 42.5 Å². The monoisotopic (exact) mass is 378 g/mol. The standard InChI is InChI=1S/C25H34N2O/c1-4-20-8-11-22(5-2)24(15-20)16-26-25(28)23-12-9-21(10-13-23)18-27-14-6-7-19(3)17-27/h8-13,15,19H,4-7,14,16-18H2,1-3H3,(H,26,28). The summed E-state index contributed by atoms with van der Waals surface area (Å²) >= 11 is 0. The number of nitrogens with zero attached hydrogens (tertiary/aromatic N) is 1. The molecule has 0 aliphatic carbocycles. The SMILES string of the molecule is CCc1ccc(CC)c(CNC(=O)c2ccc(CN3CCCC(C)C3)cc2)c1. The first-order chi connectivity index (χ1) is 13.6. The summed E-state index contributed by atoms with van der Waals surface area (Å²) in [5.74, 6) is 0.792. The van der Waals surface area contributed by atoms with Crippen molar-refractivity contribution in [2.45, 2.75) is 59.5 Å². The van der Waals surface area contributed by atoms with Crippen LogP contribution in [-0.2, 0) is 25.9 Å². The number of hydrogen-bond acceptors (Lipinski definition) is 2. The Kier molecular flexibility index (Phi) is 7.27. The fourth-order valence-corrected chi connectivity index (χ4v) is 4.14. The van der Waals surface area contributed by atoms with Crippen molar-refractivity contribution in [3.8, 4) is 0 Å². The van der Waals surface area contributed by atoms with Gasteiger partial charge < -0.3 is 5.32 Å². The van der Waals surface area contributed by atoms with Crippen molar-refractivity contribution in [3.63, 3.8) is 0 Å². The van der Waals surface area contributed by atoms with Crippen molar-refractivity contribution in [3.05, 3.63) is 70.3 Å². The van der Waals surface area contributed by atoms with E-state index in [9.17, 15) is 4.79 Å². The minimum Gasteiger partial charge on any atom is -0.348 e. The van der Waals surface area contributed by atoms with Gasteiger partial charge in [0.1, 0.15) is 0 Å². The number of likely N-dealkylation sites (tertiary alicyclic amines) is 1. The minimum atomic E-state index is 0.00194. The Labute approximate surface area is 170 Å². The maximum Gasteiger partial charge on any atom is 0.251 e. The highest BCUT2D eigenvalue weighted by Gasteiger charge is 2.16. The Morgan fingerprint density at radius 1 is 1.04 bits per heavy atom. The lowest BCUT2D eigenvalue weighted by atomic mass is 9.99. The fourth-order valence-electron chi connectivity index (χ4n) is 4.14. The van der Waals surface area contributed by atoms with Gasteiger partial charge in [-0.15, -0.1) is 0 Å². The molecule has 1 aliphatic heterocycles. The summed E-state index contributed by atoms with van der Waals surface area (Å²) in [6.07, 6.45) is 4.64. The molecule has 2 aromatic rings. The molecule has 1 unspecified atom stereocenters. The molecule has 0 spiro atoms. The third kappa shape index (κ3) is 5.45. The molecule has 28 heavy (non-hydrogen) atoms. The lowest BCUT2D eigenvalue weighted by molar-refractivity contribution is 0.0951. The summed E-state index contributed by atoms with van der Waals surface area (Å²) in [5, 5.41) is 3.10. The molecule has 0 bridgehead atoms. The molecular weight excluding hydrogens is 344 g/mol. The van der Waals surface area contributed by atoms with Gasteiger partial charge in [0.15, 0.2) is 0 Å². The number of hydrogen-bond donors (Lipinski definition) is 1. The highest BCUT2D eigenvalue weighted by atomic mass is 16.1. The van der Waals surface area contributed by atoms with Crippen LogP contribution in [0.3, 0.4) is 0 Å². The van der Waals surface area contributed by atoms with Gasteiger partial charge in [0.2, 0.25) is 0 Å². The summed E-state index contributed by atoms with van der Waals surface area (Å²) in [6, 6.07) is 14.7. The average Bonchev–Trinajstić information content (AvgIpc) is 2.72. The van der Waals surface area contributed by atoms with Gasteiger partial charge >= 0.3 is 0 Å². The van der Waals surface area contributed by atoms with E-state index in [1.54, 1.807) is 0 Å². The number of piperidine rings is 1. The molecular formula is C25H34N2O. The van der Waals surface area contributed by atoms with Crippen LogP contribution in [0, 0.1) is 5.92 Å². The third-order valence-corrected chi connectivity index (χ3v) is 5.86. The zero-order valence-electron chi connectivity index (χ0n) is 17.6. The molecule has 1 heterocycles. The molecule has 1 saturated heterocycles. The highest BCUT2D eigenvalue weighted by molar-refractivity contribution is 5.94. The van der Waals surface area contributed by atoms with Crippen molar-refractivity contribution >= 4 is 5.91 Å². The topological polar surface area (TPSA) is 32.3 Å². The zero-order valence-corrected chi connectivity index (χ0v) is 17.6. The first kappa shape index (κ1) is 20.6. The van der Waals surface area contributed by atoms with Crippen LogP contribution in [0.1, 0.15) is 66.2 Å². The van der Waals surface area contributed by atoms with Gasteiger partial charge in [-0.1, -0.05) is 51.1 Å². The van der Waals surface area contributed by atoms with E-state index >= 15 is 0 Å². The second-order valence-corrected chi connectivity index (χ2v) is 8.17. The Bertz CT molecular complexity index is 782. The van der Waals surface area contributed by atoms with Gasteiger partial charge in [0.05, 0.1) is 0 Å². The van der Waals surface area contributed by atoms with E-state index < -0.39 is 0 Å². The number of nitrogens with one attached hydrogen (secondary N) is 1. The molecule has 3 rings (SSSR count). The molecule has 0 saturated carbocycles. The number of carbonyl (C=O) groups excluding carboxylic acids is 1. The fraction of sp³-hybridized carbons (Fsp3) is 0.480. The van der Waals surface area contributed by atoms with Crippen LogP contribution in [-0.4, -0.2) is 23.9 Å². The van der Waals surface area contributed by atoms with Gasteiger partial charge in [0, 0.05) is 25.2 Å². The summed E-state index contributed by atoms with van der Waals surface area (Å²) < 4.78 is 0. The normalized spacial score (nSPS) is 17.5. The Morgan fingerprint density at radius 2 is 1.79 bits per heavy atom. The maximum absolute atomic E-state index is 12.6. The largest absolute Gasteiger partial charge is 0.348 e. The molecule has 1 N–H and O–H groups in total. The van der Waals surface area contributed by atoms with Crippen molar-refractivity contribution < 1.29 is 4.79 Å². The van der Waals surface area contributed by atoms with Gasteiger partial charge in [-0.05, 0) is 72.5 Å². The smallest absolute Gasteiger partial charge is 0.251 e. The van der Waals surface area contributed by atoms with Crippen molar-refractivity contribution in [2.75, 3.05) is 13.1 Å². The predicted molar refractivity (Wildman–Crippen MR) is 116 cm³/mol. The van der Waals surface area contributed by atoms with E-state index in [0.29, 0.717) is 6.54 Å². The lowest BCUT2D eigenvalue weighted by Crippen LogP contribution is -2.33. The lowest BCUT2D eigenvalue weighted by Gasteiger charge is -2.30. The first-order valence-corrected chi connectivity index (χ1v) is 10.8. The second-order valence-electron chi connectivity index (χ2n) is 8.17. The summed E-state index contributed by atoms with van der Waals surface area (Å²) in [5.41, 5.74) is 5.88. The Hall–Kier alpha value is -2.13. The number of benzene rings is 2. The van der Waals surface area contributed by atoms with Crippen molar-refractivity contribution in [2.24, 2.45) is 5.92 Å². The van der Waals surface area contributed by atoms with E-state index in [1.165, 1.54) is 48.2 Å². The molecule has 2 aromatic carbocycles. The van der Waals surface area contributed by atoms with Crippen LogP contribution < -0.4 is 5.32 Å². The van der Waals surface area contributed by atoms with E-state index in [4.69, 9.17) is 0 Å². The number of aryl methyl sites for hydroxylation is 2. The molecule has 1 fully saturated rings. The quantitative estimate of drug-likeness (QED) is 0.737. The summed E-state index contributed by atoms with van der Waals surface area (Å²) in [4.78, 5) is 15.1. The molecule has 3 nitrogen and oxygen atoms in total. The van der Waals surface area contributed by atoms with Crippen molar-refractivity contribution in [1.82, 2.24) is 10.2 Å². The molecule has 1 atom stereocenters. The van der Waals surface area contributed by atoms with Crippen LogP contribution in [0.2, 0.25) is 0 Å². The van der Waals surface area contributed by atoms with Crippen LogP contribution in [0.4, 0.5) is 0 Å². The predicted octanol–water partition coefficient (Wildman–Crippen LogP) is 4.97. The molecule has 0 radical (unpaired) electrons. The molecule has 3 heteroatoms. The third-order valence-electron chi connectivity index (χ3n) is 5.86. The zero-order chi connectivity index (χ0) is 19.9. The Morgan fingerprint density at radius 3 is 2.46 bits per heavy atom. The Balaban J connectivity index is 1.57. The number of amides is 1. The molecule has 1 aliphatic rings. The molecule has 0 aromatic heterocycles. The summed E-state index contributed by atoms with van der Waals surface area (Å²) in [7, 11) is 0. The van der Waals surface area contributed by atoms with Crippen LogP contribution in [0.25, 0.3) is 0 Å². The van der Waals surface area contributed by atoms with Gasteiger partial charge in [-0.3, -0.25) is 9.69 Å². The van der Waals surface area contributed by atoms with E-state index in [1.807, 2.05) is 12.1 Å². The first-order valence-electron chi connectivity index (χ1n) is 10.8. The van der Waals surface area contributed by atoms with Crippen LogP contribution in [0.5, 0.6) is 0 Å². The number of carbonyl (C=O) groups is 1. The second kappa shape index (κ2) is 9.88. The van der Waals surface area contributed by atoms with Gasteiger partial charge in [0.25, 0.3) is 5.91 Å².